The fourth-order valence-electron chi connectivity index (χ4n) is 1.99. The minimum absolute atomic E-state index is 0.0410. The number of thiophene rings is 1. The normalized spacial score (nSPS) is 18.7. The van der Waals surface area contributed by atoms with E-state index in [1.54, 1.807) is 16.2 Å². The minimum atomic E-state index is -0.149. The second-order valence-corrected chi connectivity index (χ2v) is 6.84. The topological polar surface area (TPSA) is 67.4 Å². The number of amides is 2. The summed E-state index contributed by atoms with van der Waals surface area (Å²) in [4.78, 5) is 19.4. The predicted octanol–water partition coefficient (Wildman–Crippen LogP) is 2.93. The van der Waals surface area contributed by atoms with Crippen molar-refractivity contribution in [2.75, 3.05) is 31.3 Å². The molecule has 0 aromatic carbocycles. The number of hydrogen-bond acceptors (Lipinski definition) is 7. The molecule has 1 aliphatic rings. The van der Waals surface area contributed by atoms with Gasteiger partial charge in [-0.15, -0.1) is 11.3 Å². The Morgan fingerprint density at radius 2 is 2.52 bits per heavy atom. The highest BCUT2D eigenvalue weighted by Gasteiger charge is 2.26. The van der Waals surface area contributed by atoms with Gasteiger partial charge in [-0.1, -0.05) is 17.8 Å². The van der Waals surface area contributed by atoms with Crippen LogP contribution in [0.5, 0.6) is 0 Å². The van der Waals surface area contributed by atoms with Gasteiger partial charge in [0.1, 0.15) is 6.10 Å². The van der Waals surface area contributed by atoms with Gasteiger partial charge in [0, 0.05) is 23.0 Å². The number of nitrogens with zero attached hydrogens (tertiary/aromatic N) is 3. The number of rotatable bonds is 3. The van der Waals surface area contributed by atoms with Gasteiger partial charge in [0.2, 0.25) is 10.3 Å². The van der Waals surface area contributed by atoms with E-state index in [9.17, 15) is 4.79 Å². The highest BCUT2D eigenvalue weighted by Crippen LogP contribution is 2.26. The largest absolute Gasteiger partial charge is 0.369 e. The number of morpholine rings is 1. The molecule has 0 saturated carbocycles. The molecule has 2 aromatic heterocycles. The monoisotopic (exact) mass is 342 g/mol. The fourth-order valence-corrected chi connectivity index (χ4v) is 3.88. The van der Waals surface area contributed by atoms with Crippen molar-refractivity contribution in [2.45, 2.75) is 11.3 Å². The molecular weight excluding hydrogens is 328 g/mol. The van der Waals surface area contributed by atoms with E-state index < -0.39 is 0 Å². The van der Waals surface area contributed by atoms with Crippen LogP contribution in [0.2, 0.25) is 0 Å². The van der Waals surface area contributed by atoms with Crippen molar-refractivity contribution in [1.82, 2.24) is 14.3 Å². The van der Waals surface area contributed by atoms with Crippen LogP contribution >= 0.6 is 34.6 Å². The third kappa shape index (κ3) is 3.54. The molecule has 9 heteroatoms. The number of carbonyl (C=O) groups excluding carboxylic acids is 1. The average molecular weight is 342 g/mol. The van der Waals surface area contributed by atoms with Crippen LogP contribution in [0.1, 0.15) is 11.0 Å². The van der Waals surface area contributed by atoms with Crippen molar-refractivity contribution in [3.63, 3.8) is 0 Å². The van der Waals surface area contributed by atoms with Crippen LogP contribution in [0.25, 0.3) is 0 Å². The van der Waals surface area contributed by atoms with Gasteiger partial charge in [0.25, 0.3) is 0 Å². The van der Waals surface area contributed by atoms with Crippen LogP contribution in [-0.2, 0) is 4.74 Å². The van der Waals surface area contributed by atoms with E-state index in [2.05, 4.69) is 14.7 Å². The molecule has 3 rings (SSSR count). The van der Waals surface area contributed by atoms with Gasteiger partial charge in [-0.25, -0.2) is 4.79 Å². The lowest BCUT2D eigenvalue weighted by Crippen LogP contribution is -2.44. The standard InChI is InChI=1S/C12H14N4O2S3/c1-19-11-13-10(21-15-11)14-12(17)16-4-5-18-8(7-16)9-3-2-6-20-9/h2-3,6,8H,4-5,7H2,1H3,(H,13,14,15,17). The van der Waals surface area contributed by atoms with Crippen molar-refractivity contribution in [3.05, 3.63) is 22.4 Å². The Bertz CT molecular complexity index is 601. The molecule has 112 valence electrons. The Morgan fingerprint density at radius 1 is 1.62 bits per heavy atom. The Morgan fingerprint density at radius 3 is 3.24 bits per heavy atom. The van der Waals surface area contributed by atoms with Crippen LogP contribution in [0, 0.1) is 0 Å². The maximum atomic E-state index is 12.3. The van der Waals surface area contributed by atoms with Crippen molar-refractivity contribution in [3.8, 4) is 0 Å². The van der Waals surface area contributed by atoms with Crippen molar-refractivity contribution < 1.29 is 9.53 Å². The van der Waals surface area contributed by atoms with Gasteiger partial charge >= 0.3 is 6.03 Å². The summed E-state index contributed by atoms with van der Waals surface area (Å²) in [6, 6.07) is 3.88. The summed E-state index contributed by atoms with van der Waals surface area (Å²) in [7, 11) is 0. The Hall–Kier alpha value is -1.16. The predicted molar refractivity (Wildman–Crippen MR) is 85.3 cm³/mol. The number of anilines is 1. The molecule has 1 N–H and O–H groups in total. The molecule has 1 saturated heterocycles. The Kier molecular flexibility index (Phi) is 4.73. The number of hydrogen-bond donors (Lipinski definition) is 1. The molecule has 6 nitrogen and oxygen atoms in total. The molecule has 1 fully saturated rings. The molecule has 3 heterocycles. The number of aromatic nitrogens is 2. The fraction of sp³-hybridized carbons (Fsp3) is 0.417. The van der Waals surface area contributed by atoms with E-state index in [4.69, 9.17) is 4.74 Å². The zero-order valence-electron chi connectivity index (χ0n) is 11.3. The molecule has 0 spiro atoms. The molecule has 21 heavy (non-hydrogen) atoms. The van der Waals surface area contributed by atoms with Gasteiger partial charge in [0.15, 0.2) is 0 Å². The molecule has 0 aliphatic carbocycles. The summed E-state index contributed by atoms with van der Waals surface area (Å²) < 4.78 is 9.86. The van der Waals surface area contributed by atoms with Crippen molar-refractivity contribution in [1.29, 1.82) is 0 Å². The SMILES string of the molecule is CSc1nsc(NC(=O)N2CCOC(c3cccs3)C2)n1. The van der Waals surface area contributed by atoms with Gasteiger partial charge in [0.05, 0.1) is 13.2 Å². The van der Waals surface area contributed by atoms with Gasteiger partial charge in [-0.2, -0.15) is 9.36 Å². The van der Waals surface area contributed by atoms with Crippen LogP contribution in [-0.4, -0.2) is 46.2 Å². The second-order valence-electron chi connectivity index (χ2n) is 4.34. The highest BCUT2D eigenvalue weighted by atomic mass is 32.2. The lowest BCUT2D eigenvalue weighted by molar-refractivity contribution is -0.0115. The molecule has 0 radical (unpaired) electrons. The third-order valence-corrected chi connectivity index (χ3v) is 5.28. The first kappa shape index (κ1) is 14.8. The van der Waals surface area contributed by atoms with E-state index in [1.807, 2.05) is 23.8 Å². The van der Waals surface area contributed by atoms with Gasteiger partial charge < -0.3 is 9.64 Å². The number of carbonyl (C=O) groups is 1. The number of ether oxygens (including phenoxy) is 1. The number of urea groups is 1. The van der Waals surface area contributed by atoms with Crippen LogP contribution in [0.15, 0.2) is 22.7 Å². The van der Waals surface area contributed by atoms with E-state index in [0.29, 0.717) is 30.0 Å². The molecule has 2 amide bonds. The Labute approximate surface area is 134 Å². The van der Waals surface area contributed by atoms with Gasteiger partial charge in [-0.3, -0.25) is 5.32 Å². The van der Waals surface area contributed by atoms with Crippen molar-refractivity contribution >= 4 is 45.8 Å². The summed E-state index contributed by atoms with van der Waals surface area (Å²) in [5, 5.41) is 6.02. The number of thioether (sulfide) groups is 1. The molecule has 0 bridgehead atoms. The number of nitrogens with one attached hydrogen (secondary N) is 1. The molecule has 1 aliphatic heterocycles. The van der Waals surface area contributed by atoms with E-state index in [0.717, 1.165) is 4.88 Å². The van der Waals surface area contributed by atoms with Crippen LogP contribution in [0.4, 0.5) is 9.93 Å². The Balaban J connectivity index is 1.61. The first-order valence-electron chi connectivity index (χ1n) is 6.35. The summed E-state index contributed by atoms with van der Waals surface area (Å²) in [5.41, 5.74) is 0. The lowest BCUT2D eigenvalue weighted by Gasteiger charge is -2.32. The summed E-state index contributed by atoms with van der Waals surface area (Å²) >= 11 is 4.30. The molecular formula is C12H14N4O2S3. The zero-order chi connectivity index (χ0) is 14.7. The smallest absolute Gasteiger partial charge is 0.323 e. The first-order valence-corrected chi connectivity index (χ1v) is 9.22. The minimum Gasteiger partial charge on any atom is -0.369 e. The van der Waals surface area contributed by atoms with Crippen LogP contribution in [0.3, 0.4) is 0 Å². The maximum Gasteiger partial charge on any atom is 0.323 e. The van der Waals surface area contributed by atoms with E-state index in [-0.39, 0.29) is 12.1 Å². The zero-order valence-corrected chi connectivity index (χ0v) is 13.8. The first-order chi connectivity index (χ1) is 10.3. The second kappa shape index (κ2) is 6.73. The van der Waals surface area contributed by atoms with Gasteiger partial charge in [-0.05, 0) is 17.7 Å². The third-order valence-electron chi connectivity index (χ3n) is 3.02. The summed E-state index contributed by atoms with van der Waals surface area (Å²) in [6.45, 7) is 1.69. The maximum absolute atomic E-state index is 12.3. The van der Waals surface area contributed by atoms with E-state index >= 15 is 0 Å². The molecule has 2 aromatic rings. The van der Waals surface area contributed by atoms with Crippen molar-refractivity contribution in [2.24, 2.45) is 0 Å². The quantitative estimate of drug-likeness (QED) is 0.869. The highest BCUT2D eigenvalue weighted by molar-refractivity contribution is 7.98. The lowest BCUT2D eigenvalue weighted by atomic mass is 10.2. The molecule has 1 unspecified atom stereocenters. The average Bonchev–Trinajstić information content (AvgIpc) is 3.18. The summed E-state index contributed by atoms with van der Waals surface area (Å²) in [5.74, 6) is 0. The molecule has 1 atom stereocenters. The van der Waals surface area contributed by atoms with Crippen LogP contribution < -0.4 is 5.32 Å². The van der Waals surface area contributed by atoms with E-state index in [1.165, 1.54) is 23.3 Å². The summed E-state index contributed by atoms with van der Waals surface area (Å²) in [6.07, 6.45) is 1.86.